The Hall–Kier alpha value is -1.62. The molecule has 5 heteroatoms. The van der Waals surface area contributed by atoms with E-state index in [0.717, 1.165) is 17.8 Å². The van der Waals surface area contributed by atoms with Gasteiger partial charge in [0.05, 0.1) is 5.69 Å². The van der Waals surface area contributed by atoms with Crippen molar-refractivity contribution in [3.63, 3.8) is 0 Å². The second-order valence-corrected chi connectivity index (χ2v) is 4.46. The molecular formula is C12H10F2N2S. The molecule has 88 valence electrons. The van der Waals surface area contributed by atoms with Crippen LogP contribution in [0.15, 0.2) is 41.4 Å². The van der Waals surface area contributed by atoms with Crippen molar-refractivity contribution >= 4 is 17.4 Å². The van der Waals surface area contributed by atoms with Gasteiger partial charge in [-0.15, -0.1) is 11.8 Å². The number of nitrogens with zero attached hydrogens (tertiary/aromatic N) is 1. The number of aromatic nitrogens is 1. The third-order valence-electron chi connectivity index (χ3n) is 2.11. The van der Waals surface area contributed by atoms with Gasteiger partial charge in [-0.2, -0.15) is 0 Å². The molecule has 1 aromatic carbocycles. The van der Waals surface area contributed by atoms with Crippen molar-refractivity contribution in [3.8, 4) is 0 Å². The van der Waals surface area contributed by atoms with Crippen molar-refractivity contribution in [3.05, 3.63) is 53.9 Å². The van der Waals surface area contributed by atoms with E-state index in [2.05, 4.69) is 4.98 Å². The fraction of sp³-hybridized carbons (Fsp3) is 0.0833. The summed E-state index contributed by atoms with van der Waals surface area (Å²) < 4.78 is 26.2. The Morgan fingerprint density at radius 3 is 2.76 bits per heavy atom. The van der Waals surface area contributed by atoms with E-state index in [9.17, 15) is 8.78 Å². The van der Waals surface area contributed by atoms with Crippen molar-refractivity contribution in [2.75, 3.05) is 5.73 Å². The van der Waals surface area contributed by atoms with E-state index < -0.39 is 11.6 Å². The maximum Gasteiger partial charge on any atom is 0.136 e. The van der Waals surface area contributed by atoms with Crippen molar-refractivity contribution in [2.24, 2.45) is 0 Å². The molecule has 1 aromatic heterocycles. The first-order valence-corrected chi connectivity index (χ1v) is 5.92. The summed E-state index contributed by atoms with van der Waals surface area (Å²) in [4.78, 5) is 4.36. The number of hydrogen-bond donors (Lipinski definition) is 1. The van der Waals surface area contributed by atoms with Crippen LogP contribution in [-0.4, -0.2) is 4.98 Å². The lowest BCUT2D eigenvalue weighted by Crippen LogP contribution is -1.91. The van der Waals surface area contributed by atoms with Crippen LogP contribution in [0.25, 0.3) is 0 Å². The van der Waals surface area contributed by atoms with Gasteiger partial charge in [-0.05, 0) is 30.3 Å². The molecule has 17 heavy (non-hydrogen) atoms. The second kappa shape index (κ2) is 5.14. The zero-order valence-electron chi connectivity index (χ0n) is 8.86. The van der Waals surface area contributed by atoms with Crippen LogP contribution < -0.4 is 5.73 Å². The second-order valence-electron chi connectivity index (χ2n) is 3.44. The van der Waals surface area contributed by atoms with Gasteiger partial charge in [0.25, 0.3) is 0 Å². The van der Waals surface area contributed by atoms with E-state index in [1.54, 1.807) is 18.3 Å². The fourth-order valence-electron chi connectivity index (χ4n) is 1.32. The zero-order valence-corrected chi connectivity index (χ0v) is 9.68. The molecule has 0 aliphatic rings. The van der Waals surface area contributed by atoms with Gasteiger partial charge in [0.1, 0.15) is 11.6 Å². The van der Waals surface area contributed by atoms with E-state index in [0.29, 0.717) is 11.4 Å². The summed E-state index contributed by atoms with van der Waals surface area (Å²) in [5.74, 6) is -0.430. The average Bonchev–Trinajstić information content (AvgIpc) is 2.30. The van der Waals surface area contributed by atoms with Gasteiger partial charge >= 0.3 is 0 Å². The molecule has 2 rings (SSSR count). The molecule has 0 aliphatic carbocycles. The number of thioether (sulfide) groups is 1. The Kier molecular flexibility index (Phi) is 3.58. The van der Waals surface area contributed by atoms with Gasteiger partial charge in [-0.1, -0.05) is 0 Å². The predicted octanol–water partition coefficient (Wildman–Crippen LogP) is 3.23. The molecule has 0 spiro atoms. The smallest absolute Gasteiger partial charge is 0.136 e. The summed E-state index contributed by atoms with van der Waals surface area (Å²) in [7, 11) is 0. The lowest BCUT2D eigenvalue weighted by atomic mass is 10.3. The third-order valence-corrected chi connectivity index (χ3v) is 3.17. The highest BCUT2D eigenvalue weighted by Crippen LogP contribution is 2.25. The van der Waals surface area contributed by atoms with E-state index in [1.807, 2.05) is 0 Å². The van der Waals surface area contributed by atoms with Crippen molar-refractivity contribution in [2.45, 2.75) is 10.6 Å². The maximum atomic E-state index is 13.3. The Morgan fingerprint density at radius 2 is 2.00 bits per heavy atom. The molecule has 0 bridgehead atoms. The molecule has 1 heterocycles. The number of pyridine rings is 1. The molecule has 0 saturated heterocycles. The fourth-order valence-corrected chi connectivity index (χ4v) is 2.18. The predicted molar refractivity (Wildman–Crippen MR) is 64.6 cm³/mol. The molecule has 0 fully saturated rings. The molecule has 0 radical (unpaired) electrons. The summed E-state index contributed by atoms with van der Waals surface area (Å²) in [5.41, 5.74) is 6.94. The van der Waals surface area contributed by atoms with Gasteiger partial charge in [-0.25, -0.2) is 8.78 Å². The molecule has 0 aliphatic heterocycles. The number of halogens is 2. The minimum Gasteiger partial charge on any atom is -0.399 e. The van der Waals surface area contributed by atoms with Gasteiger partial charge < -0.3 is 5.73 Å². The van der Waals surface area contributed by atoms with Crippen LogP contribution in [0, 0.1) is 11.6 Å². The molecule has 0 unspecified atom stereocenters. The first kappa shape index (κ1) is 11.9. The van der Waals surface area contributed by atoms with Crippen molar-refractivity contribution < 1.29 is 8.78 Å². The van der Waals surface area contributed by atoms with Gasteiger partial charge in [0, 0.05) is 22.5 Å². The van der Waals surface area contributed by atoms with Crippen LogP contribution in [-0.2, 0) is 5.75 Å². The number of nitrogens with two attached hydrogens (primary N) is 1. The SMILES string of the molecule is Nc1ccnc(CSc2cc(F)ccc2F)c1. The van der Waals surface area contributed by atoms with Gasteiger partial charge in [0.15, 0.2) is 0 Å². The molecule has 0 amide bonds. The van der Waals surface area contributed by atoms with E-state index in [4.69, 9.17) is 5.73 Å². The monoisotopic (exact) mass is 252 g/mol. The van der Waals surface area contributed by atoms with Crippen molar-refractivity contribution in [1.82, 2.24) is 4.98 Å². The minimum atomic E-state index is -0.450. The number of rotatable bonds is 3. The molecule has 0 atom stereocenters. The van der Waals surface area contributed by atoms with Crippen LogP contribution in [0.4, 0.5) is 14.5 Å². The van der Waals surface area contributed by atoms with Crippen molar-refractivity contribution in [1.29, 1.82) is 0 Å². The summed E-state index contributed by atoms with van der Waals surface area (Å²) in [6.45, 7) is 0. The van der Waals surface area contributed by atoms with E-state index in [-0.39, 0.29) is 4.90 Å². The Bertz CT molecular complexity index is 532. The maximum absolute atomic E-state index is 13.3. The van der Waals surface area contributed by atoms with Gasteiger partial charge in [-0.3, -0.25) is 4.98 Å². The van der Waals surface area contributed by atoms with Crippen LogP contribution in [0.1, 0.15) is 5.69 Å². The first-order valence-electron chi connectivity index (χ1n) is 4.93. The quantitative estimate of drug-likeness (QED) is 0.852. The summed E-state index contributed by atoms with van der Waals surface area (Å²) in [5, 5.41) is 0. The minimum absolute atomic E-state index is 0.272. The number of nitrogen functional groups attached to an aromatic ring is 1. The summed E-state index contributed by atoms with van der Waals surface area (Å²) in [6.07, 6.45) is 1.59. The highest BCUT2D eigenvalue weighted by Gasteiger charge is 2.05. The first-order chi connectivity index (χ1) is 8.15. The lowest BCUT2D eigenvalue weighted by Gasteiger charge is -2.03. The van der Waals surface area contributed by atoms with E-state index >= 15 is 0 Å². The average molecular weight is 252 g/mol. The Morgan fingerprint density at radius 1 is 1.18 bits per heavy atom. The number of benzene rings is 1. The normalized spacial score (nSPS) is 10.5. The van der Waals surface area contributed by atoms with Crippen LogP contribution >= 0.6 is 11.8 Å². The summed E-state index contributed by atoms with van der Waals surface area (Å²) in [6, 6.07) is 6.77. The Balaban J connectivity index is 2.09. The summed E-state index contributed by atoms with van der Waals surface area (Å²) >= 11 is 1.19. The largest absolute Gasteiger partial charge is 0.399 e. The van der Waals surface area contributed by atoms with Crippen LogP contribution in [0.2, 0.25) is 0 Å². The number of hydrogen-bond acceptors (Lipinski definition) is 3. The van der Waals surface area contributed by atoms with Gasteiger partial charge in [0.2, 0.25) is 0 Å². The standard InChI is InChI=1S/C12H10F2N2S/c13-8-1-2-11(14)12(5-8)17-7-10-6-9(15)3-4-16-10/h1-6H,7H2,(H2,15,16). The lowest BCUT2D eigenvalue weighted by molar-refractivity contribution is 0.577. The van der Waals surface area contributed by atoms with Crippen LogP contribution in [0.3, 0.4) is 0 Å². The third kappa shape index (κ3) is 3.17. The number of anilines is 1. The highest BCUT2D eigenvalue weighted by molar-refractivity contribution is 7.98. The molecule has 0 saturated carbocycles. The highest BCUT2D eigenvalue weighted by atomic mass is 32.2. The molecule has 2 nitrogen and oxygen atoms in total. The zero-order chi connectivity index (χ0) is 12.3. The topological polar surface area (TPSA) is 38.9 Å². The molecular weight excluding hydrogens is 242 g/mol. The van der Waals surface area contributed by atoms with Crippen LogP contribution in [0.5, 0.6) is 0 Å². The molecule has 2 aromatic rings. The molecule has 2 N–H and O–H groups in total. The van der Waals surface area contributed by atoms with E-state index in [1.165, 1.54) is 17.8 Å². The Labute approximate surface area is 102 Å².